The zero-order valence-corrected chi connectivity index (χ0v) is 13.0. The quantitative estimate of drug-likeness (QED) is 0.940. The minimum atomic E-state index is -0.831. The van der Waals surface area contributed by atoms with Crippen molar-refractivity contribution in [1.29, 1.82) is 0 Å². The van der Waals surface area contributed by atoms with Crippen LogP contribution in [0, 0.1) is 5.92 Å². The third-order valence-corrected chi connectivity index (χ3v) is 4.75. The van der Waals surface area contributed by atoms with Gasteiger partial charge in [0.15, 0.2) is 0 Å². The van der Waals surface area contributed by atoms with E-state index in [9.17, 15) is 9.59 Å². The second-order valence-corrected chi connectivity index (χ2v) is 6.42. The van der Waals surface area contributed by atoms with Crippen LogP contribution in [0.2, 0.25) is 0 Å². The number of carboxylic acid groups (broad SMARTS) is 1. The van der Waals surface area contributed by atoms with Gasteiger partial charge in [-0.15, -0.1) is 11.3 Å². The number of piperidine rings is 1. The summed E-state index contributed by atoms with van der Waals surface area (Å²) >= 11 is 1.53. The van der Waals surface area contributed by atoms with Crippen molar-refractivity contribution in [1.82, 2.24) is 14.7 Å². The van der Waals surface area contributed by atoms with Gasteiger partial charge in [0.1, 0.15) is 5.69 Å². The first-order valence-electron chi connectivity index (χ1n) is 7.16. The lowest BCUT2D eigenvalue weighted by Gasteiger charge is -2.30. The molecule has 116 valence electrons. The van der Waals surface area contributed by atoms with Crippen molar-refractivity contribution in [3.05, 3.63) is 29.3 Å². The van der Waals surface area contributed by atoms with E-state index in [0.717, 1.165) is 11.3 Å². The molecule has 2 aromatic heterocycles. The molecule has 0 saturated carbocycles. The molecule has 7 heteroatoms. The van der Waals surface area contributed by atoms with Crippen LogP contribution in [-0.2, 0) is 11.8 Å². The number of aromatic nitrogens is 2. The fourth-order valence-corrected chi connectivity index (χ4v) is 3.50. The molecule has 3 heterocycles. The Morgan fingerprint density at radius 3 is 2.95 bits per heavy atom. The number of likely N-dealkylation sites (tertiary alicyclic amines) is 1. The highest BCUT2D eigenvalue weighted by Gasteiger charge is 2.30. The number of rotatable bonds is 3. The fraction of sp³-hybridized carbons (Fsp3) is 0.400. The van der Waals surface area contributed by atoms with Crippen LogP contribution in [0.5, 0.6) is 0 Å². The molecular formula is C15H17N3O3S. The summed E-state index contributed by atoms with van der Waals surface area (Å²) in [5.74, 6) is -1.44. The standard InChI is InChI=1S/C15H17N3O3S/c1-17-9-11(13(16-17)12-5-3-7-22-12)14(19)18-6-2-4-10(8-18)15(20)21/h3,5,7,9-10H,2,4,6,8H2,1H3,(H,20,21)/t10-/m0/s1. The molecule has 1 aliphatic heterocycles. The van der Waals surface area contributed by atoms with Crippen molar-refractivity contribution in [2.45, 2.75) is 12.8 Å². The molecule has 1 N–H and O–H groups in total. The lowest BCUT2D eigenvalue weighted by atomic mass is 9.97. The van der Waals surface area contributed by atoms with Crippen LogP contribution < -0.4 is 0 Å². The van der Waals surface area contributed by atoms with Gasteiger partial charge in [-0.25, -0.2) is 0 Å². The van der Waals surface area contributed by atoms with E-state index < -0.39 is 11.9 Å². The maximum absolute atomic E-state index is 12.8. The summed E-state index contributed by atoms with van der Waals surface area (Å²) in [5, 5.41) is 15.5. The maximum atomic E-state index is 12.8. The Morgan fingerprint density at radius 1 is 1.45 bits per heavy atom. The molecule has 1 atom stereocenters. The molecule has 22 heavy (non-hydrogen) atoms. The number of hydrogen-bond donors (Lipinski definition) is 1. The van der Waals surface area contributed by atoms with Crippen LogP contribution in [0.3, 0.4) is 0 Å². The minimum Gasteiger partial charge on any atom is -0.481 e. The van der Waals surface area contributed by atoms with Crippen molar-refractivity contribution in [3.8, 4) is 10.6 Å². The lowest BCUT2D eigenvalue weighted by Crippen LogP contribution is -2.42. The zero-order valence-electron chi connectivity index (χ0n) is 12.2. The van der Waals surface area contributed by atoms with Crippen LogP contribution in [-0.4, -0.2) is 44.8 Å². The number of hydrogen-bond acceptors (Lipinski definition) is 4. The Balaban J connectivity index is 1.88. The van der Waals surface area contributed by atoms with Gasteiger partial charge in [0, 0.05) is 26.3 Å². The first-order chi connectivity index (χ1) is 10.6. The van der Waals surface area contributed by atoms with Gasteiger partial charge < -0.3 is 10.0 Å². The number of carboxylic acids is 1. The molecular weight excluding hydrogens is 302 g/mol. The summed E-state index contributed by atoms with van der Waals surface area (Å²) in [5.41, 5.74) is 1.20. The molecule has 0 unspecified atom stereocenters. The van der Waals surface area contributed by atoms with Crippen LogP contribution in [0.15, 0.2) is 23.7 Å². The second kappa shape index (κ2) is 5.92. The number of carbonyl (C=O) groups is 2. The monoisotopic (exact) mass is 319 g/mol. The number of amides is 1. The summed E-state index contributed by atoms with van der Waals surface area (Å²) in [6.07, 6.45) is 3.06. The average molecular weight is 319 g/mol. The molecule has 1 amide bonds. The van der Waals surface area contributed by atoms with Gasteiger partial charge in [0.05, 0.1) is 16.4 Å². The van der Waals surface area contributed by atoms with E-state index >= 15 is 0 Å². The third-order valence-electron chi connectivity index (χ3n) is 3.87. The van der Waals surface area contributed by atoms with E-state index in [2.05, 4.69) is 5.10 Å². The summed E-state index contributed by atoms with van der Waals surface area (Å²) < 4.78 is 1.63. The largest absolute Gasteiger partial charge is 0.481 e. The molecule has 0 bridgehead atoms. The predicted octanol–water partition coefficient (Wildman–Crippen LogP) is 2.09. The van der Waals surface area contributed by atoms with Crippen LogP contribution in [0.1, 0.15) is 23.2 Å². The van der Waals surface area contributed by atoms with Gasteiger partial charge in [-0.3, -0.25) is 14.3 Å². The summed E-state index contributed by atoms with van der Waals surface area (Å²) in [6, 6.07) is 3.85. The van der Waals surface area contributed by atoms with Gasteiger partial charge in [0.2, 0.25) is 0 Å². The van der Waals surface area contributed by atoms with Crippen LogP contribution in [0.4, 0.5) is 0 Å². The van der Waals surface area contributed by atoms with E-state index in [4.69, 9.17) is 5.11 Å². The molecule has 0 radical (unpaired) electrons. The molecule has 1 fully saturated rings. The van der Waals surface area contributed by atoms with Gasteiger partial charge in [-0.1, -0.05) is 6.07 Å². The highest BCUT2D eigenvalue weighted by atomic mass is 32.1. The van der Waals surface area contributed by atoms with Crippen molar-refractivity contribution < 1.29 is 14.7 Å². The Hall–Kier alpha value is -2.15. The lowest BCUT2D eigenvalue weighted by molar-refractivity contribution is -0.143. The second-order valence-electron chi connectivity index (χ2n) is 5.47. The first kappa shape index (κ1) is 14.8. The van der Waals surface area contributed by atoms with E-state index in [1.807, 2.05) is 17.5 Å². The van der Waals surface area contributed by atoms with Crippen molar-refractivity contribution >= 4 is 23.2 Å². The van der Waals surface area contributed by atoms with E-state index in [-0.39, 0.29) is 12.5 Å². The SMILES string of the molecule is Cn1cc(C(=O)N2CCC[C@H](C(=O)O)C2)c(-c2cccs2)n1. The molecule has 0 spiro atoms. The van der Waals surface area contributed by atoms with Crippen molar-refractivity contribution in [2.24, 2.45) is 13.0 Å². The highest BCUT2D eigenvalue weighted by molar-refractivity contribution is 7.13. The number of carbonyl (C=O) groups excluding carboxylic acids is 1. The van der Waals surface area contributed by atoms with E-state index in [1.54, 1.807) is 22.8 Å². The first-order valence-corrected chi connectivity index (χ1v) is 8.04. The Bertz CT molecular complexity index is 693. The number of aliphatic carboxylic acids is 1. The molecule has 2 aromatic rings. The van der Waals surface area contributed by atoms with Crippen LogP contribution in [0.25, 0.3) is 10.6 Å². The number of nitrogens with zero attached hydrogens (tertiary/aromatic N) is 3. The average Bonchev–Trinajstić information content (AvgIpc) is 3.15. The normalized spacial score (nSPS) is 18.4. The molecule has 6 nitrogen and oxygen atoms in total. The van der Waals surface area contributed by atoms with Gasteiger partial charge in [-0.2, -0.15) is 5.10 Å². The van der Waals surface area contributed by atoms with E-state index in [1.165, 1.54) is 11.3 Å². The fourth-order valence-electron chi connectivity index (χ4n) is 2.77. The number of thiophene rings is 1. The van der Waals surface area contributed by atoms with Gasteiger partial charge in [0.25, 0.3) is 5.91 Å². The van der Waals surface area contributed by atoms with Crippen molar-refractivity contribution in [3.63, 3.8) is 0 Å². The van der Waals surface area contributed by atoms with E-state index in [0.29, 0.717) is 24.2 Å². The maximum Gasteiger partial charge on any atom is 0.308 e. The summed E-state index contributed by atoms with van der Waals surface area (Å²) in [6.45, 7) is 0.869. The summed E-state index contributed by atoms with van der Waals surface area (Å²) in [7, 11) is 1.78. The molecule has 0 aromatic carbocycles. The van der Waals surface area contributed by atoms with Gasteiger partial charge >= 0.3 is 5.97 Å². The Labute approximate surface area is 132 Å². The highest BCUT2D eigenvalue weighted by Crippen LogP contribution is 2.28. The van der Waals surface area contributed by atoms with Crippen LogP contribution >= 0.6 is 11.3 Å². The third kappa shape index (κ3) is 2.76. The Morgan fingerprint density at radius 2 is 2.27 bits per heavy atom. The minimum absolute atomic E-state index is 0.137. The summed E-state index contributed by atoms with van der Waals surface area (Å²) in [4.78, 5) is 26.5. The Kier molecular flexibility index (Phi) is 3.98. The molecule has 3 rings (SSSR count). The van der Waals surface area contributed by atoms with Crippen molar-refractivity contribution in [2.75, 3.05) is 13.1 Å². The molecule has 1 saturated heterocycles. The molecule has 0 aliphatic carbocycles. The topological polar surface area (TPSA) is 75.4 Å². The number of aryl methyl sites for hydroxylation is 1. The zero-order chi connectivity index (χ0) is 15.7. The molecule has 1 aliphatic rings. The van der Waals surface area contributed by atoms with Gasteiger partial charge in [-0.05, 0) is 24.3 Å². The predicted molar refractivity (Wildman–Crippen MR) is 82.8 cm³/mol. The smallest absolute Gasteiger partial charge is 0.308 e.